The van der Waals surface area contributed by atoms with E-state index in [1.165, 1.54) is 0 Å². The standard InChI is InChI=1S/C12H19F3N2O/c13-12(14,15)8-16-5-11(18)17(6-9-1-2-9)7-10-3-4-10/h9-10,16H,1-8H2. The molecule has 6 heteroatoms. The molecule has 0 aromatic rings. The number of carbonyl (C=O) groups is 1. The molecule has 18 heavy (non-hydrogen) atoms. The average Bonchev–Trinajstić information content (AvgIpc) is 3.08. The summed E-state index contributed by atoms with van der Waals surface area (Å²) in [5.74, 6) is 0.962. The van der Waals surface area contributed by atoms with Crippen LogP contribution in [0, 0.1) is 11.8 Å². The summed E-state index contributed by atoms with van der Waals surface area (Å²) in [5.41, 5.74) is 0. The first-order valence-electron chi connectivity index (χ1n) is 6.49. The first-order valence-corrected chi connectivity index (χ1v) is 6.49. The van der Waals surface area contributed by atoms with E-state index >= 15 is 0 Å². The molecule has 0 aromatic heterocycles. The highest BCUT2D eigenvalue weighted by Gasteiger charge is 2.32. The minimum absolute atomic E-state index is 0.196. The molecule has 0 bridgehead atoms. The van der Waals surface area contributed by atoms with Crippen LogP contribution in [0.5, 0.6) is 0 Å². The van der Waals surface area contributed by atoms with E-state index in [1.54, 1.807) is 4.90 Å². The molecule has 2 fully saturated rings. The maximum absolute atomic E-state index is 12.0. The van der Waals surface area contributed by atoms with Crippen LogP contribution in [-0.4, -0.2) is 43.2 Å². The van der Waals surface area contributed by atoms with Crippen molar-refractivity contribution in [3.8, 4) is 0 Å². The molecular formula is C12H19F3N2O. The Morgan fingerprint density at radius 1 is 1.11 bits per heavy atom. The Morgan fingerprint density at radius 3 is 2.00 bits per heavy atom. The average molecular weight is 264 g/mol. The summed E-state index contributed by atoms with van der Waals surface area (Å²) >= 11 is 0. The molecule has 0 radical (unpaired) electrons. The predicted octanol–water partition coefficient (Wildman–Crippen LogP) is 1.79. The van der Waals surface area contributed by atoms with Gasteiger partial charge in [-0.15, -0.1) is 0 Å². The van der Waals surface area contributed by atoms with Gasteiger partial charge in [-0.1, -0.05) is 0 Å². The molecule has 2 rings (SSSR count). The molecular weight excluding hydrogens is 245 g/mol. The van der Waals surface area contributed by atoms with Gasteiger partial charge < -0.3 is 10.2 Å². The van der Waals surface area contributed by atoms with Crippen molar-refractivity contribution in [2.24, 2.45) is 11.8 Å². The first kappa shape index (κ1) is 13.6. The third kappa shape index (κ3) is 5.25. The van der Waals surface area contributed by atoms with Gasteiger partial charge in [-0.05, 0) is 37.5 Å². The highest BCUT2D eigenvalue weighted by Crippen LogP contribution is 2.33. The third-order valence-electron chi connectivity index (χ3n) is 3.31. The lowest BCUT2D eigenvalue weighted by Crippen LogP contribution is -2.42. The van der Waals surface area contributed by atoms with Crippen LogP contribution in [0.3, 0.4) is 0 Å². The largest absolute Gasteiger partial charge is 0.401 e. The number of nitrogens with zero attached hydrogens (tertiary/aromatic N) is 1. The Balaban J connectivity index is 1.71. The zero-order valence-electron chi connectivity index (χ0n) is 10.3. The zero-order chi connectivity index (χ0) is 13.2. The molecule has 2 saturated carbocycles. The summed E-state index contributed by atoms with van der Waals surface area (Å²) < 4.78 is 35.9. The summed E-state index contributed by atoms with van der Waals surface area (Å²) in [7, 11) is 0. The lowest BCUT2D eigenvalue weighted by Gasteiger charge is -2.23. The van der Waals surface area contributed by atoms with Gasteiger partial charge in [-0.2, -0.15) is 13.2 Å². The van der Waals surface area contributed by atoms with Gasteiger partial charge in [0.25, 0.3) is 0 Å². The monoisotopic (exact) mass is 264 g/mol. The quantitative estimate of drug-likeness (QED) is 0.760. The number of rotatable bonds is 7. The molecule has 0 aromatic carbocycles. The Hall–Kier alpha value is -0.780. The van der Waals surface area contributed by atoms with Crippen molar-refractivity contribution in [3.05, 3.63) is 0 Å². The van der Waals surface area contributed by atoms with Gasteiger partial charge in [0.1, 0.15) is 0 Å². The number of amides is 1. The maximum Gasteiger partial charge on any atom is 0.401 e. The van der Waals surface area contributed by atoms with Crippen LogP contribution >= 0.6 is 0 Å². The van der Waals surface area contributed by atoms with Gasteiger partial charge >= 0.3 is 6.18 Å². The Kier molecular flexibility index (Phi) is 4.14. The molecule has 104 valence electrons. The molecule has 3 nitrogen and oxygen atoms in total. The fraction of sp³-hybridized carbons (Fsp3) is 0.917. The van der Waals surface area contributed by atoms with Crippen molar-refractivity contribution in [2.75, 3.05) is 26.2 Å². The Morgan fingerprint density at radius 2 is 1.61 bits per heavy atom. The summed E-state index contributed by atoms with van der Waals surface area (Å²) in [6.07, 6.45) is 0.321. The first-order chi connectivity index (χ1) is 8.44. The normalized spacial score (nSPS) is 19.9. The second-order valence-corrected chi connectivity index (χ2v) is 5.40. The lowest BCUT2D eigenvalue weighted by molar-refractivity contribution is -0.134. The minimum atomic E-state index is -4.25. The molecule has 0 aliphatic heterocycles. The second-order valence-electron chi connectivity index (χ2n) is 5.40. The molecule has 1 amide bonds. The summed E-state index contributed by atoms with van der Waals surface area (Å²) in [4.78, 5) is 13.6. The van der Waals surface area contributed by atoms with Gasteiger partial charge in [0.2, 0.25) is 5.91 Å². The van der Waals surface area contributed by atoms with E-state index in [1.807, 2.05) is 0 Å². The van der Waals surface area contributed by atoms with Crippen LogP contribution in [0.4, 0.5) is 13.2 Å². The molecule has 1 N–H and O–H groups in total. The molecule has 0 saturated heterocycles. The van der Waals surface area contributed by atoms with Crippen LogP contribution in [0.1, 0.15) is 25.7 Å². The topological polar surface area (TPSA) is 32.3 Å². The number of nitrogens with one attached hydrogen (secondary N) is 1. The molecule has 2 aliphatic rings. The van der Waals surface area contributed by atoms with E-state index in [4.69, 9.17) is 0 Å². The molecule has 0 heterocycles. The van der Waals surface area contributed by atoms with Crippen molar-refractivity contribution < 1.29 is 18.0 Å². The van der Waals surface area contributed by atoms with Crippen LogP contribution in [0.25, 0.3) is 0 Å². The summed E-state index contributed by atoms with van der Waals surface area (Å²) in [6, 6.07) is 0. The number of hydrogen-bond acceptors (Lipinski definition) is 2. The van der Waals surface area contributed by atoms with E-state index in [-0.39, 0.29) is 12.5 Å². The van der Waals surface area contributed by atoms with Crippen LogP contribution in [0.2, 0.25) is 0 Å². The predicted molar refractivity (Wildman–Crippen MR) is 61.0 cm³/mol. The van der Waals surface area contributed by atoms with Gasteiger partial charge in [-0.3, -0.25) is 4.79 Å². The van der Waals surface area contributed by atoms with Crippen molar-refractivity contribution in [1.82, 2.24) is 10.2 Å². The Bertz CT molecular complexity index is 284. The van der Waals surface area contributed by atoms with E-state index in [9.17, 15) is 18.0 Å². The SMILES string of the molecule is O=C(CNCC(F)(F)F)N(CC1CC1)CC1CC1. The van der Waals surface area contributed by atoms with E-state index in [0.29, 0.717) is 11.8 Å². The van der Waals surface area contributed by atoms with Crippen molar-refractivity contribution in [3.63, 3.8) is 0 Å². The summed E-state index contributed by atoms with van der Waals surface area (Å²) in [6.45, 7) is 0.143. The fourth-order valence-electron chi connectivity index (χ4n) is 1.93. The van der Waals surface area contributed by atoms with Crippen molar-refractivity contribution in [1.29, 1.82) is 0 Å². The number of carbonyl (C=O) groups excluding carboxylic acids is 1. The highest BCUT2D eigenvalue weighted by atomic mass is 19.4. The van der Waals surface area contributed by atoms with Gasteiger partial charge in [0.05, 0.1) is 13.1 Å². The van der Waals surface area contributed by atoms with Crippen molar-refractivity contribution >= 4 is 5.91 Å². The molecule has 0 unspecified atom stereocenters. The summed E-state index contributed by atoms with van der Waals surface area (Å²) in [5, 5.41) is 2.18. The Labute approximate surface area is 105 Å². The minimum Gasteiger partial charge on any atom is -0.341 e. The molecule has 0 atom stereocenters. The van der Waals surface area contributed by atoms with Crippen LogP contribution in [0.15, 0.2) is 0 Å². The van der Waals surface area contributed by atoms with Gasteiger partial charge in [0.15, 0.2) is 0 Å². The second kappa shape index (κ2) is 5.47. The van der Waals surface area contributed by atoms with E-state index in [2.05, 4.69) is 5.32 Å². The lowest BCUT2D eigenvalue weighted by atomic mass is 10.3. The molecule has 2 aliphatic carbocycles. The zero-order valence-corrected chi connectivity index (χ0v) is 10.3. The maximum atomic E-state index is 12.0. The van der Waals surface area contributed by atoms with E-state index in [0.717, 1.165) is 38.8 Å². The fourth-order valence-corrected chi connectivity index (χ4v) is 1.93. The highest BCUT2D eigenvalue weighted by molar-refractivity contribution is 5.78. The van der Waals surface area contributed by atoms with E-state index < -0.39 is 12.7 Å². The van der Waals surface area contributed by atoms with Gasteiger partial charge in [0, 0.05) is 13.1 Å². The van der Waals surface area contributed by atoms with Crippen LogP contribution in [-0.2, 0) is 4.79 Å². The number of alkyl halides is 3. The smallest absolute Gasteiger partial charge is 0.341 e. The van der Waals surface area contributed by atoms with Crippen molar-refractivity contribution in [2.45, 2.75) is 31.9 Å². The molecule has 0 spiro atoms. The third-order valence-corrected chi connectivity index (χ3v) is 3.31. The van der Waals surface area contributed by atoms with Crippen LogP contribution < -0.4 is 5.32 Å². The number of halogens is 3. The van der Waals surface area contributed by atoms with Gasteiger partial charge in [-0.25, -0.2) is 0 Å². The number of hydrogen-bond donors (Lipinski definition) is 1.